The number of rotatable bonds is 6. The predicted octanol–water partition coefficient (Wildman–Crippen LogP) is 3.56. The van der Waals surface area contributed by atoms with Gasteiger partial charge in [0.25, 0.3) is 5.91 Å². The summed E-state index contributed by atoms with van der Waals surface area (Å²) in [6.45, 7) is 2.55. The molecule has 0 fully saturated rings. The van der Waals surface area contributed by atoms with Crippen LogP contribution in [0.25, 0.3) is 22.1 Å². The topological polar surface area (TPSA) is 62.9 Å². The first-order chi connectivity index (χ1) is 12.2. The Labute approximate surface area is 146 Å². The van der Waals surface area contributed by atoms with Gasteiger partial charge in [-0.25, -0.2) is 0 Å². The van der Waals surface area contributed by atoms with Crippen LogP contribution in [0, 0.1) is 0 Å². The summed E-state index contributed by atoms with van der Waals surface area (Å²) in [4.78, 5) is 14.5. The maximum absolute atomic E-state index is 13.0. The van der Waals surface area contributed by atoms with E-state index in [4.69, 9.17) is 9.15 Å². The van der Waals surface area contributed by atoms with Crippen molar-refractivity contribution in [3.05, 3.63) is 54.3 Å². The van der Waals surface area contributed by atoms with Crippen LogP contribution in [0.15, 0.2) is 52.9 Å². The Morgan fingerprint density at radius 3 is 2.60 bits per heavy atom. The molecule has 0 saturated carbocycles. The number of aliphatic hydroxyl groups excluding tert-OH is 1. The van der Waals surface area contributed by atoms with Crippen molar-refractivity contribution < 1.29 is 19.1 Å². The van der Waals surface area contributed by atoms with Crippen LogP contribution in [0.2, 0.25) is 0 Å². The highest BCUT2D eigenvalue weighted by molar-refractivity contribution is 6.08. The minimum atomic E-state index is -0.231. The fraction of sp³-hybridized carbons (Fsp3) is 0.250. The van der Waals surface area contributed by atoms with E-state index in [1.807, 2.05) is 49.4 Å². The average Bonchev–Trinajstić information content (AvgIpc) is 3.04. The molecule has 1 N–H and O–H groups in total. The second-order valence-electron chi connectivity index (χ2n) is 5.64. The quantitative estimate of drug-likeness (QED) is 0.746. The third-order valence-electron chi connectivity index (χ3n) is 4.19. The van der Waals surface area contributed by atoms with Gasteiger partial charge < -0.3 is 19.2 Å². The average molecular weight is 339 g/mol. The molecule has 0 unspecified atom stereocenters. The molecule has 0 aliphatic heterocycles. The Morgan fingerprint density at radius 2 is 1.96 bits per heavy atom. The Morgan fingerprint density at radius 1 is 1.20 bits per heavy atom. The van der Waals surface area contributed by atoms with Gasteiger partial charge in [-0.05, 0) is 24.6 Å². The molecule has 1 amide bonds. The van der Waals surface area contributed by atoms with Crippen molar-refractivity contribution in [2.75, 3.05) is 26.8 Å². The molecular weight excluding hydrogens is 318 g/mol. The lowest BCUT2D eigenvalue weighted by atomic mass is 10.0. The lowest BCUT2D eigenvalue weighted by molar-refractivity contribution is 0.0703. The number of fused-ring (bicyclic) bond motifs is 1. The molecule has 1 aromatic heterocycles. The standard InChI is InChI=1S/C20H21NO4/c1-3-21(11-12-22)20(23)19-18(14-7-5-4-6-8-14)16-10-9-15(24-2)13-17(16)25-19/h4-10,13,22H,3,11-12H2,1-2H3. The van der Waals surface area contributed by atoms with Crippen molar-refractivity contribution in [2.45, 2.75) is 6.92 Å². The highest BCUT2D eigenvalue weighted by atomic mass is 16.5. The fourth-order valence-corrected chi connectivity index (χ4v) is 2.91. The van der Waals surface area contributed by atoms with Gasteiger partial charge in [0.05, 0.1) is 13.7 Å². The van der Waals surface area contributed by atoms with E-state index in [2.05, 4.69) is 0 Å². The molecule has 0 saturated heterocycles. The van der Waals surface area contributed by atoms with Crippen molar-refractivity contribution in [3.63, 3.8) is 0 Å². The van der Waals surface area contributed by atoms with Crippen LogP contribution in [0.4, 0.5) is 0 Å². The van der Waals surface area contributed by atoms with Gasteiger partial charge in [-0.3, -0.25) is 4.79 Å². The predicted molar refractivity (Wildman–Crippen MR) is 96.9 cm³/mol. The molecule has 0 aliphatic carbocycles. The number of methoxy groups -OCH3 is 1. The minimum Gasteiger partial charge on any atom is -0.497 e. The summed E-state index contributed by atoms with van der Waals surface area (Å²) >= 11 is 0. The van der Waals surface area contributed by atoms with Gasteiger partial charge in [0.2, 0.25) is 5.76 Å². The van der Waals surface area contributed by atoms with Crippen LogP contribution in [0.1, 0.15) is 17.5 Å². The number of hydrogen-bond acceptors (Lipinski definition) is 4. The third-order valence-corrected chi connectivity index (χ3v) is 4.19. The van der Waals surface area contributed by atoms with E-state index in [0.29, 0.717) is 17.9 Å². The Balaban J connectivity index is 2.21. The lowest BCUT2D eigenvalue weighted by Gasteiger charge is -2.18. The zero-order valence-corrected chi connectivity index (χ0v) is 14.4. The highest BCUT2D eigenvalue weighted by Gasteiger charge is 2.25. The van der Waals surface area contributed by atoms with Gasteiger partial charge in [-0.1, -0.05) is 30.3 Å². The molecule has 0 radical (unpaired) electrons. The van der Waals surface area contributed by atoms with Crippen LogP contribution in [-0.2, 0) is 0 Å². The Hall–Kier alpha value is -2.79. The molecular formula is C20H21NO4. The van der Waals surface area contributed by atoms with Crippen molar-refractivity contribution in [3.8, 4) is 16.9 Å². The van der Waals surface area contributed by atoms with Gasteiger partial charge in [0.1, 0.15) is 11.3 Å². The van der Waals surface area contributed by atoms with Gasteiger partial charge in [-0.15, -0.1) is 0 Å². The first kappa shape index (κ1) is 17.0. The van der Waals surface area contributed by atoms with E-state index in [0.717, 1.165) is 16.5 Å². The summed E-state index contributed by atoms with van der Waals surface area (Å²) in [7, 11) is 1.59. The molecule has 2 aromatic carbocycles. The molecule has 0 spiro atoms. The number of ether oxygens (including phenoxy) is 1. The summed E-state index contributed by atoms with van der Waals surface area (Å²) < 4.78 is 11.2. The second-order valence-corrected chi connectivity index (χ2v) is 5.64. The van der Waals surface area contributed by atoms with Crippen LogP contribution in [0.5, 0.6) is 5.75 Å². The number of nitrogens with zero attached hydrogens (tertiary/aromatic N) is 1. The summed E-state index contributed by atoms with van der Waals surface area (Å²) in [5.74, 6) is 0.720. The maximum atomic E-state index is 13.0. The molecule has 5 heteroatoms. The van der Waals surface area contributed by atoms with Crippen LogP contribution in [-0.4, -0.2) is 42.7 Å². The van der Waals surface area contributed by atoms with Crippen molar-refractivity contribution >= 4 is 16.9 Å². The molecule has 130 valence electrons. The van der Waals surface area contributed by atoms with Gasteiger partial charge in [0, 0.05) is 30.1 Å². The van der Waals surface area contributed by atoms with E-state index in [-0.39, 0.29) is 24.8 Å². The first-order valence-electron chi connectivity index (χ1n) is 8.25. The van der Waals surface area contributed by atoms with Crippen molar-refractivity contribution in [1.29, 1.82) is 0 Å². The molecule has 1 heterocycles. The number of carbonyl (C=O) groups is 1. The molecule has 25 heavy (non-hydrogen) atoms. The number of carbonyl (C=O) groups excluding carboxylic acids is 1. The largest absolute Gasteiger partial charge is 0.497 e. The van der Waals surface area contributed by atoms with Crippen molar-refractivity contribution in [2.24, 2.45) is 0 Å². The second kappa shape index (κ2) is 7.40. The number of furan rings is 1. The van der Waals surface area contributed by atoms with E-state index < -0.39 is 0 Å². The lowest BCUT2D eigenvalue weighted by Crippen LogP contribution is -2.33. The van der Waals surface area contributed by atoms with Gasteiger partial charge >= 0.3 is 0 Å². The summed E-state index contributed by atoms with van der Waals surface area (Å²) in [6, 6.07) is 15.2. The molecule has 0 atom stereocenters. The number of hydrogen-bond donors (Lipinski definition) is 1. The number of benzene rings is 2. The number of likely N-dealkylation sites (N-methyl/N-ethyl adjacent to an activating group) is 1. The molecule has 3 aromatic rings. The third kappa shape index (κ3) is 3.23. The Kier molecular flexibility index (Phi) is 5.05. The van der Waals surface area contributed by atoms with Crippen LogP contribution in [0.3, 0.4) is 0 Å². The monoisotopic (exact) mass is 339 g/mol. The van der Waals surface area contributed by atoms with Crippen LogP contribution < -0.4 is 4.74 Å². The first-order valence-corrected chi connectivity index (χ1v) is 8.25. The summed E-state index contributed by atoms with van der Waals surface area (Å²) in [5, 5.41) is 10.1. The van der Waals surface area contributed by atoms with E-state index in [1.165, 1.54) is 0 Å². The smallest absolute Gasteiger partial charge is 0.290 e. The summed E-state index contributed by atoms with van der Waals surface area (Å²) in [6.07, 6.45) is 0. The Bertz CT molecular complexity index is 870. The fourth-order valence-electron chi connectivity index (χ4n) is 2.91. The number of amides is 1. The zero-order chi connectivity index (χ0) is 17.8. The molecule has 0 bridgehead atoms. The molecule has 3 rings (SSSR count). The molecule has 0 aliphatic rings. The van der Waals surface area contributed by atoms with Crippen molar-refractivity contribution in [1.82, 2.24) is 4.90 Å². The van der Waals surface area contributed by atoms with Crippen LogP contribution >= 0.6 is 0 Å². The highest BCUT2D eigenvalue weighted by Crippen LogP contribution is 2.37. The van der Waals surface area contributed by atoms with E-state index in [1.54, 1.807) is 18.1 Å². The summed E-state index contributed by atoms with van der Waals surface area (Å²) in [5.41, 5.74) is 2.27. The van der Waals surface area contributed by atoms with Gasteiger partial charge in [-0.2, -0.15) is 0 Å². The van der Waals surface area contributed by atoms with Gasteiger partial charge in [0.15, 0.2) is 0 Å². The minimum absolute atomic E-state index is 0.0890. The SMILES string of the molecule is CCN(CCO)C(=O)c1oc2cc(OC)ccc2c1-c1ccccc1. The van der Waals surface area contributed by atoms with E-state index in [9.17, 15) is 9.90 Å². The molecule has 5 nitrogen and oxygen atoms in total. The normalized spacial score (nSPS) is 10.8. The zero-order valence-electron chi connectivity index (χ0n) is 14.4. The maximum Gasteiger partial charge on any atom is 0.290 e. The van der Waals surface area contributed by atoms with E-state index >= 15 is 0 Å². The number of aliphatic hydroxyl groups is 1.